The molecular formula is C19H17ClFN3O3S2. The van der Waals surface area contributed by atoms with Gasteiger partial charge in [-0.2, -0.15) is 0 Å². The Kier molecular flexibility index (Phi) is 6.33. The van der Waals surface area contributed by atoms with E-state index in [0.717, 1.165) is 16.1 Å². The number of thiazole rings is 1. The number of halogens is 2. The molecule has 0 atom stereocenters. The lowest BCUT2D eigenvalue weighted by Gasteiger charge is -2.07. The van der Waals surface area contributed by atoms with Crippen LogP contribution in [0.25, 0.3) is 0 Å². The quantitative estimate of drug-likeness (QED) is 0.590. The Hall–Kier alpha value is -2.33. The van der Waals surface area contributed by atoms with Gasteiger partial charge >= 0.3 is 0 Å². The summed E-state index contributed by atoms with van der Waals surface area (Å²) in [6, 6.07) is 10.1. The second kappa shape index (κ2) is 8.58. The summed E-state index contributed by atoms with van der Waals surface area (Å²) < 4.78 is 39.2. The minimum absolute atomic E-state index is 0.0240. The molecule has 1 heterocycles. The van der Waals surface area contributed by atoms with E-state index in [1.165, 1.54) is 48.7 Å². The van der Waals surface area contributed by atoms with E-state index >= 15 is 0 Å². The van der Waals surface area contributed by atoms with Crippen molar-refractivity contribution in [2.45, 2.75) is 18.2 Å². The van der Waals surface area contributed by atoms with Crippen LogP contribution in [0.2, 0.25) is 5.02 Å². The lowest BCUT2D eigenvalue weighted by molar-refractivity contribution is 0.102. The van der Waals surface area contributed by atoms with Crippen LogP contribution in [-0.4, -0.2) is 26.4 Å². The number of hydrogen-bond donors (Lipinski definition) is 2. The zero-order chi connectivity index (χ0) is 21.2. The van der Waals surface area contributed by atoms with E-state index in [-0.39, 0.29) is 21.3 Å². The lowest BCUT2D eigenvalue weighted by atomic mass is 10.1. The Morgan fingerprint density at radius 3 is 2.55 bits per heavy atom. The number of anilines is 1. The minimum Gasteiger partial charge on any atom is -0.298 e. The van der Waals surface area contributed by atoms with Crippen LogP contribution in [0.15, 0.2) is 47.4 Å². The van der Waals surface area contributed by atoms with Gasteiger partial charge in [-0.1, -0.05) is 23.7 Å². The van der Waals surface area contributed by atoms with Gasteiger partial charge in [0.2, 0.25) is 10.0 Å². The molecule has 0 aliphatic carbocycles. The van der Waals surface area contributed by atoms with E-state index in [9.17, 15) is 17.6 Å². The van der Waals surface area contributed by atoms with Gasteiger partial charge in [-0.05, 0) is 49.9 Å². The molecule has 1 amide bonds. The summed E-state index contributed by atoms with van der Waals surface area (Å²) in [5.41, 5.74) is 1.69. The summed E-state index contributed by atoms with van der Waals surface area (Å²) in [5, 5.41) is 3.15. The van der Waals surface area contributed by atoms with Crippen LogP contribution in [0, 0.1) is 12.7 Å². The van der Waals surface area contributed by atoms with Crippen LogP contribution in [0.3, 0.4) is 0 Å². The van der Waals surface area contributed by atoms with Crippen molar-refractivity contribution < 1.29 is 17.6 Å². The molecule has 0 saturated carbocycles. The molecule has 0 bridgehead atoms. The standard InChI is InChI=1S/C19H17ClFN3O3S2/c1-11-17(9-12-3-5-13(21)6-4-12)28-19(23-11)24-18(25)15-10-14(7-8-16(15)20)29(26,27)22-2/h3-8,10,22H,9H2,1-2H3,(H,23,24,25). The van der Waals surface area contributed by atoms with E-state index in [4.69, 9.17) is 11.6 Å². The van der Waals surface area contributed by atoms with Gasteiger partial charge in [0.05, 0.1) is 21.2 Å². The first-order valence-corrected chi connectivity index (χ1v) is 11.1. The van der Waals surface area contributed by atoms with Crippen LogP contribution in [0.4, 0.5) is 9.52 Å². The Labute approximate surface area is 176 Å². The predicted octanol–water partition coefficient (Wildman–Crippen LogP) is 4.00. The van der Waals surface area contributed by atoms with E-state index < -0.39 is 15.9 Å². The van der Waals surface area contributed by atoms with Crippen LogP contribution in [0.5, 0.6) is 0 Å². The largest absolute Gasteiger partial charge is 0.298 e. The molecule has 0 saturated heterocycles. The molecule has 0 aliphatic rings. The van der Waals surface area contributed by atoms with Crippen molar-refractivity contribution in [2.24, 2.45) is 0 Å². The maximum absolute atomic E-state index is 13.1. The topological polar surface area (TPSA) is 88.2 Å². The highest BCUT2D eigenvalue weighted by atomic mass is 35.5. The fourth-order valence-electron chi connectivity index (χ4n) is 2.56. The summed E-state index contributed by atoms with van der Waals surface area (Å²) in [4.78, 5) is 17.8. The van der Waals surface area contributed by atoms with Gasteiger partial charge < -0.3 is 0 Å². The van der Waals surface area contributed by atoms with Crippen LogP contribution in [-0.2, 0) is 16.4 Å². The van der Waals surface area contributed by atoms with Crippen LogP contribution >= 0.6 is 22.9 Å². The molecule has 3 aromatic rings. The first kappa shape index (κ1) is 21.4. The second-order valence-corrected chi connectivity index (χ2v) is 9.51. The summed E-state index contributed by atoms with van der Waals surface area (Å²) in [5.74, 6) is -0.868. The maximum atomic E-state index is 13.1. The zero-order valence-electron chi connectivity index (χ0n) is 15.5. The van der Waals surface area contributed by atoms with Crippen molar-refractivity contribution in [3.8, 4) is 0 Å². The number of nitrogens with zero attached hydrogens (tertiary/aromatic N) is 1. The molecule has 6 nitrogen and oxygen atoms in total. The van der Waals surface area contributed by atoms with Crippen LogP contribution in [0.1, 0.15) is 26.5 Å². The molecule has 0 aliphatic heterocycles. The zero-order valence-corrected chi connectivity index (χ0v) is 17.9. The number of nitrogens with one attached hydrogen (secondary N) is 2. The predicted molar refractivity (Wildman–Crippen MR) is 112 cm³/mol. The molecule has 10 heteroatoms. The SMILES string of the molecule is CNS(=O)(=O)c1ccc(Cl)c(C(=O)Nc2nc(C)c(Cc3ccc(F)cc3)s2)c1. The van der Waals surface area contributed by atoms with E-state index in [0.29, 0.717) is 11.6 Å². The highest BCUT2D eigenvalue weighted by Crippen LogP contribution is 2.27. The first-order chi connectivity index (χ1) is 13.7. The average molecular weight is 454 g/mol. The molecular weight excluding hydrogens is 437 g/mol. The monoisotopic (exact) mass is 453 g/mol. The van der Waals surface area contributed by atoms with E-state index in [1.807, 2.05) is 6.92 Å². The van der Waals surface area contributed by atoms with Gasteiger partial charge in [0.1, 0.15) is 5.82 Å². The van der Waals surface area contributed by atoms with Gasteiger partial charge in [-0.25, -0.2) is 22.5 Å². The molecule has 1 aromatic heterocycles. The molecule has 0 unspecified atom stereocenters. The highest BCUT2D eigenvalue weighted by Gasteiger charge is 2.19. The third-order valence-electron chi connectivity index (χ3n) is 4.15. The molecule has 152 valence electrons. The summed E-state index contributed by atoms with van der Waals surface area (Å²) in [6.45, 7) is 1.82. The smallest absolute Gasteiger partial charge is 0.259 e. The average Bonchev–Trinajstić information content (AvgIpc) is 3.02. The Morgan fingerprint density at radius 2 is 1.90 bits per heavy atom. The first-order valence-electron chi connectivity index (χ1n) is 8.45. The number of hydrogen-bond acceptors (Lipinski definition) is 5. The minimum atomic E-state index is -3.71. The van der Waals surface area contributed by atoms with Gasteiger partial charge in [0, 0.05) is 11.3 Å². The molecule has 2 N–H and O–H groups in total. The number of aryl methyl sites for hydroxylation is 1. The Morgan fingerprint density at radius 1 is 1.21 bits per heavy atom. The fraction of sp³-hybridized carbons (Fsp3) is 0.158. The lowest BCUT2D eigenvalue weighted by Crippen LogP contribution is -2.20. The number of benzene rings is 2. The maximum Gasteiger partial charge on any atom is 0.259 e. The Balaban J connectivity index is 1.81. The van der Waals surface area contributed by atoms with Crippen molar-refractivity contribution in [2.75, 3.05) is 12.4 Å². The molecule has 2 aromatic carbocycles. The number of carbonyl (C=O) groups excluding carboxylic acids is 1. The van der Waals surface area contributed by atoms with Crippen molar-refractivity contribution in [1.82, 2.24) is 9.71 Å². The fourth-order valence-corrected chi connectivity index (χ4v) is 4.51. The van der Waals surface area contributed by atoms with Crippen molar-refractivity contribution in [1.29, 1.82) is 0 Å². The van der Waals surface area contributed by atoms with E-state index in [2.05, 4.69) is 15.0 Å². The Bertz CT molecular complexity index is 1160. The van der Waals surface area contributed by atoms with Crippen molar-refractivity contribution in [3.05, 3.63) is 75.0 Å². The third kappa shape index (κ3) is 4.99. The molecule has 3 rings (SSSR count). The number of aromatic nitrogens is 1. The number of rotatable bonds is 6. The summed E-state index contributed by atoms with van der Waals surface area (Å²) >= 11 is 7.37. The van der Waals surface area contributed by atoms with Crippen LogP contribution < -0.4 is 10.0 Å². The number of carbonyl (C=O) groups is 1. The normalized spacial score (nSPS) is 11.4. The van der Waals surface area contributed by atoms with Crippen molar-refractivity contribution >= 4 is 44.0 Å². The number of amides is 1. The van der Waals surface area contributed by atoms with Gasteiger partial charge in [0.15, 0.2) is 5.13 Å². The van der Waals surface area contributed by atoms with E-state index in [1.54, 1.807) is 12.1 Å². The van der Waals surface area contributed by atoms with Crippen molar-refractivity contribution in [3.63, 3.8) is 0 Å². The van der Waals surface area contributed by atoms with Gasteiger partial charge in [-0.3, -0.25) is 10.1 Å². The van der Waals surface area contributed by atoms with Gasteiger partial charge in [0.25, 0.3) is 5.91 Å². The van der Waals surface area contributed by atoms with Gasteiger partial charge in [-0.15, -0.1) is 11.3 Å². The highest BCUT2D eigenvalue weighted by molar-refractivity contribution is 7.89. The number of sulfonamides is 1. The second-order valence-electron chi connectivity index (χ2n) is 6.13. The summed E-state index contributed by atoms with van der Waals surface area (Å²) in [6.07, 6.45) is 0.552. The molecule has 0 radical (unpaired) electrons. The third-order valence-corrected chi connectivity index (χ3v) is 6.97. The summed E-state index contributed by atoms with van der Waals surface area (Å²) in [7, 11) is -2.43. The molecule has 29 heavy (non-hydrogen) atoms. The molecule has 0 fully saturated rings. The molecule has 0 spiro atoms.